The Bertz CT molecular complexity index is 1150. The Kier molecular flexibility index (Phi) is 5.94. The monoisotopic (exact) mass is 422 g/mol. The van der Waals surface area contributed by atoms with Crippen molar-refractivity contribution < 1.29 is 14.3 Å². The lowest BCUT2D eigenvalue weighted by atomic mass is 10.1. The minimum absolute atomic E-state index is 0.197. The topological polar surface area (TPSA) is 77.8 Å². The van der Waals surface area contributed by atoms with Crippen molar-refractivity contribution >= 4 is 28.2 Å². The summed E-state index contributed by atoms with van der Waals surface area (Å²) in [6.07, 6.45) is 1.19. The van der Waals surface area contributed by atoms with Gasteiger partial charge in [0.15, 0.2) is 0 Å². The molecule has 1 N–H and O–H groups in total. The number of aryl methyl sites for hydroxylation is 1. The van der Waals surface area contributed by atoms with Crippen LogP contribution in [0.4, 0.5) is 5.95 Å². The maximum Gasteiger partial charge on any atom is 0.250 e. The third-order valence-electron chi connectivity index (χ3n) is 4.65. The fraction of sp³-hybridized carbons (Fsp3) is 0.227. The molecule has 0 saturated carbocycles. The number of nitrogens with one attached hydrogen (secondary N) is 1. The van der Waals surface area contributed by atoms with Crippen LogP contribution in [0.3, 0.4) is 0 Å². The van der Waals surface area contributed by atoms with E-state index in [1.165, 1.54) is 16.9 Å². The van der Waals surface area contributed by atoms with Crippen LogP contribution in [-0.2, 0) is 11.2 Å². The smallest absolute Gasteiger partial charge is 0.250 e. The highest BCUT2D eigenvalue weighted by Gasteiger charge is 2.15. The Morgan fingerprint density at radius 1 is 1.17 bits per heavy atom. The zero-order valence-electron chi connectivity index (χ0n) is 16.8. The fourth-order valence-corrected chi connectivity index (χ4v) is 3.87. The van der Waals surface area contributed by atoms with Gasteiger partial charge in [-0.15, -0.1) is 16.4 Å². The lowest BCUT2D eigenvalue weighted by Gasteiger charge is -2.07. The lowest BCUT2D eigenvalue weighted by Crippen LogP contribution is -2.16. The highest BCUT2D eigenvalue weighted by atomic mass is 32.1. The highest BCUT2D eigenvalue weighted by molar-refractivity contribution is 7.15. The Labute approximate surface area is 178 Å². The molecule has 0 radical (unpaired) electrons. The van der Waals surface area contributed by atoms with Gasteiger partial charge >= 0.3 is 0 Å². The number of hydrogen-bond acceptors (Lipinski definition) is 6. The molecule has 2 aromatic heterocycles. The SMILES string of the molecule is CCc1ccc(OCCC(=O)Nc2nc3scc(-c4ccccc4OC)n3n2)cc1. The first-order chi connectivity index (χ1) is 14.7. The Morgan fingerprint density at radius 3 is 2.73 bits per heavy atom. The van der Waals surface area contributed by atoms with Crippen LogP contribution in [0.15, 0.2) is 53.9 Å². The van der Waals surface area contributed by atoms with Gasteiger partial charge in [-0.2, -0.15) is 4.98 Å². The summed E-state index contributed by atoms with van der Waals surface area (Å²) >= 11 is 1.45. The van der Waals surface area contributed by atoms with Crippen LogP contribution in [0.1, 0.15) is 18.9 Å². The van der Waals surface area contributed by atoms with Crippen LogP contribution in [0.25, 0.3) is 16.2 Å². The van der Waals surface area contributed by atoms with Crippen molar-refractivity contribution in [2.24, 2.45) is 0 Å². The molecule has 0 saturated heterocycles. The molecule has 0 aliphatic heterocycles. The first-order valence-electron chi connectivity index (χ1n) is 9.67. The van der Waals surface area contributed by atoms with Crippen LogP contribution in [0.5, 0.6) is 11.5 Å². The second kappa shape index (κ2) is 8.96. The van der Waals surface area contributed by atoms with Crippen LogP contribution in [0, 0.1) is 0 Å². The number of benzene rings is 2. The average Bonchev–Trinajstić information content (AvgIpc) is 3.34. The molecule has 1 amide bonds. The van der Waals surface area contributed by atoms with Gasteiger partial charge in [0, 0.05) is 10.9 Å². The summed E-state index contributed by atoms with van der Waals surface area (Å²) < 4.78 is 12.8. The molecule has 7 nitrogen and oxygen atoms in total. The van der Waals surface area contributed by atoms with Gasteiger partial charge in [0.05, 0.1) is 25.8 Å². The summed E-state index contributed by atoms with van der Waals surface area (Å²) in [5.41, 5.74) is 3.02. The van der Waals surface area contributed by atoms with Gasteiger partial charge in [0.25, 0.3) is 0 Å². The normalized spacial score (nSPS) is 10.9. The zero-order chi connectivity index (χ0) is 20.9. The van der Waals surface area contributed by atoms with Crippen molar-refractivity contribution in [1.29, 1.82) is 0 Å². The van der Waals surface area contributed by atoms with E-state index in [-0.39, 0.29) is 24.9 Å². The molecule has 4 aromatic rings. The second-order valence-corrected chi connectivity index (χ2v) is 7.43. The predicted octanol–water partition coefficient (Wildman–Crippen LogP) is 4.44. The fourth-order valence-electron chi connectivity index (χ4n) is 3.05. The van der Waals surface area contributed by atoms with Gasteiger partial charge in [-0.25, -0.2) is 4.52 Å². The molecule has 30 heavy (non-hydrogen) atoms. The molecule has 4 rings (SSSR count). The highest BCUT2D eigenvalue weighted by Crippen LogP contribution is 2.32. The van der Waals surface area contributed by atoms with E-state index in [9.17, 15) is 4.79 Å². The van der Waals surface area contributed by atoms with E-state index in [0.29, 0.717) is 4.96 Å². The van der Waals surface area contributed by atoms with Crippen molar-refractivity contribution in [2.45, 2.75) is 19.8 Å². The van der Waals surface area contributed by atoms with Crippen molar-refractivity contribution in [3.8, 4) is 22.8 Å². The first kappa shape index (κ1) is 19.9. The molecular weight excluding hydrogens is 400 g/mol. The Morgan fingerprint density at radius 2 is 1.97 bits per heavy atom. The summed E-state index contributed by atoms with van der Waals surface area (Å²) in [6.45, 7) is 2.39. The summed E-state index contributed by atoms with van der Waals surface area (Å²) in [4.78, 5) is 17.3. The quantitative estimate of drug-likeness (QED) is 0.454. The third-order valence-corrected chi connectivity index (χ3v) is 5.46. The summed E-state index contributed by atoms with van der Waals surface area (Å²) in [6, 6.07) is 15.6. The van der Waals surface area contributed by atoms with E-state index in [4.69, 9.17) is 9.47 Å². The van der Waals surface area contributed by atoms with Crippen LogP contribution in [-0.4, -0.2) is 34.2 Å². The van der Waals surface area contributed by atoms with Gasteiger partial charge in [0.2, 0.25) is 16.8 Å². The first-order valence-corrected chi connectivity index (χ1v) is 10.5. The molecule has 154 valence electrons. The summed E-state index contributed by atoms with van der Waals surface area (Å²) in [5, 5.41) is 9.15. The third kappa shape index (κ3) is 4.28. The van der Waals surface area contributed by atoms with Gasteiger partial charge < -0.3 is 9.47 Å². The van der Waals surface area contributed by atoms with Crippen molar-refractivity contribution in [2.75, 3.05) is 19.0 Å². The van der Waals surface area contributed by atoms with Crippen molar-refractivity contribution in [3.63, 3.8) is 0 Å². The lowest BCUT2D eigenvalue weighted by molar-refractivity contribution is -0.116. The van der Waals surface area contributed by atoms with E-state index in [1.54, 1.807) is 11.6 Å². The van der Waals surface area contributed by atoms with Gasteiger partial charge in [-0.1, -0.05) is 31.2 Å². The van der Waals surface area contributed by atoms with Crippen LogP contribution < -0.4 is 14.8 Å². The predicted molar refractivity (Wildman–Crippen MR) is 117 cm³/mol. The largest absolute Gasteiger partial charge is 0.496 e. The number of carbonyl (C=O) groups excluding carboxylic acids is 1. The van der Waals surface area contributed by atoms with E-state index in [1.807, 2.05) is 53.9 Å². The molecule has 0 atom stereocenters. The van der Waals surface area contributed by atoms with Gasteiger partial charge in [-0.3, -0.25) is 10.1 Å². The maximum atomic E-state index is 12.3. The second-order valence-electron chi connectivity index (χ2n) is 6.60. The number of hydrogen-bond donors (Lipinski definition) is 1. The van der Waals surface area contributed by atoms with E-state index >= 15 is 0 Å². The van der Waals surface area contributed by atoms with Crippen LogP contribution >= 0.6 is 11.3 Å². The molecular formula is C22H22N4O3S. The number of aromatic nitrogens is 3. The van der Waals surface area contributed by atoms with Crippen LogP contribution in [0.2, 0.25) is 0 Å². The van der Waals surface area contributed by atoms with Gasteiger partial charge in [-0.05, 0) is 36.2 Å². The molecule has 0 spiro atoms. The number of methoxy groups -OCH3 is 1. The van der Waals surface area contributed by atoms with E-state index < -0.39 is 0 Å². The number of fused-ring (bicyclic) bond motifs is 1. The van der Waals surface area contributed by atoms with Crippen molar-refractivity contribution in [3.05, 3.63) is 59.5 Å². The van der Waals surface area contributed by atoms with Crippen molar-refractivity contribution in [1.82, 2.24) is 14.6 Å². The van der Waals surface area contributed by atoms with Gasteiger partial charge in [0.1, 0.15) is 11.5 Å². The summed E-state index contributed by atoms with van der Waals surface area (Å²) in [5.74, 6) is 1.58. The number of amides is 1. The maximum absolute atomic E-state index is 12.3. The zero-order valence-corrected chi connectivity index (χ0v) is 17.6. The Balaban J connectivity index is 1.39. The Hall–Kier alpha value is -3.39. The molecule has 8 heteroatoms. The number of nitrogens with zero attached hydrogens (tertiary/aromatic N) is 3. The molecule has 0 fully saturated rings. The number of ether oxygens (including phenoxy) is 2. The number of para-hydroxylation sites is 1. The molecule has 0 aliphatic rings. The number of rotatable bonds is 8. The number of thiazole rings is 1. The molecule has 0 unspecified atom stereocenters. The average molecular weight is 423 g/mol. The molecule has 0 bridgehead atoms. The van der Waals surface area contributed by atoms with E-state index in [0.717, 1.165) is 29.2 Å². The molecule has 0 aliphatic carbocycles. The molecule has 2 aromatic carbocycles. The standard InChI is InChI=1S/C22H22N4O3S/c1-3-15-8-10-16(11-9-15)29-13-12-20(27)23-21-24-22-26(25-21)18(14-30-22)17-6-4-5-7-19(17)28-2/h4-11,14H,3,12-13H2,1-2H3,(H,23,25,27). The number of anilines is 1. The molecule has 2 heterocycles. The minimum Gasteiger partial charge on any atom is -0.496 e. The summed E-state index contributed by atoms with van der Waals surface area (Å²) in [7, 11) is 1.63. The minimum atomic E-state index is -0.197. The van der Waals surface area contributed by atoms with E-state index in [2.05, 4.69) is 22.3 Å². The number of carbonyl (C=O) groups is 1.